The van der Waals surface area contributed by atoms with Crippen LogP contribution in [0.4, 0.5) is 5.69 Å². The smallest absolute Gasteiger partial charge is 0.242 e. The first-order valence-electron chi connectivity index (χ1n) is 11.9. The van der Waals surface area contributed by atoms with Gasteiger partial charge in [0.1, 0.15) is 11.8 Å². The minimum absolute atomic E-state index is 0.121. The van der Waals surface area contributed by atoms with Gasteiger partial charge in [0.2, 0.25) is 21.8 Å². The molecule has 35 heavy (non-hydrogen) atoms. The molecule has 0 radical (unpaired) electrons. The first-order chi connectivity index (χ1) is 16.7. The fraction of sp³-hybridized carbons (Fsp3) is 0.462. The van der Waals surface area contributed by atoms with Gasteiger partial charge in [-0.15, -0.1) is 0 Å². The summed E-state index contributed by atoms with van der Waals surface area (Å²) >= 11 is 0. The van der Waals surface area contributed by atoms with Crippen LogP contribution in [0.15, 0.2) is 54.6 Å². The number of amides is 2. The third-order valence-electron chi connectivity index (χ3n) is 5.69. The standard InChI is InChI=1S/C26H37N3O5S/c1-5-17-27-26(31)21(2)28(19-16-22-11-7-6-8-12-22)25(30)15-10-18-29(35(4,32)33)23-13-9-14-24(20-23)34-3/h6-9,11-14,20-21H,5,10,15-19H2,1-4H3,(H,27,31)/t21-/m1/s1. The second kappa shape index (κ2) is 13.7. The summed E-state index contributed by atoms with van der Waals surface area (Å²) in [6.45, 7) is 4.79. The number of rotatable bonds is 14. The molecule has 0 unspecified atom stereocenters. The average molecular weight is 504 g/mol. The van der Waals surface area contributed by atoms with Gasteiger partial charge in [0.25, 0.3) is 0 Å². The highest BCUT2D eigenvalue weighted by atomic mass is 32.2. The Morgan fingerprint density at radius 1 is 1.06 bits per heavy atom. The van der Waals surface area contributed by atoms with Crippen molar-refractivity contribution in [2.24, 2.45) is 0 Å². The zero-order valence-corrected chi connectivity index (χ0v) is 21.9. The van der Waals surface area contributed by atoms with Crippen LogP contribution in [0.5, 0.6) is 5.75 Å². The molecule has 0 aliphatic carbocycles. The molecule has 0 fully saturated rings. The maximum atomic E-state index is 13.2. The van der Waals surface area contributed by atoms with E-state index in [1.807, 2.05) is 37.3 Å². The first kappa shape index (κ1) is 28.2. The summed E-state index contributed by atoms with van der Waals surface area (Å²) in [4.78, 5) is 27.4. The summed E-state index contributed by atoms with van der Waals surface area (Å²) in [5.41, 5.74) is 1.56. The third-order valence-corrected chi connectivity index (χ3v) is 6.89. The van der Waals surface area contributed by atoms with Crippen LogP contribution >= 0.6 is 0 Å². The van der Waals surface area contributed by atoms with Crippen LogP contribution in [-0.4, -0.2) is 64.2 Å². The molecule has 2 aromatic carbocycles. The van der Waals surface area contributed by atoms with E-state index < -0.39 is 16.1 Å². The summed E-state index contributed by atoms with van der Waals surface area (Å²) in [5.74, 6) is 0.174. The van der Waals surface area contributed by atoms with Gasteiger partial charge in [-0.2, -0.15) is 0 Å². The number of benzene rings is 2. The SMILES string of the molecule is CCCNC(=O)[C@@H](C)N(CCc1ccccc1)C(=O)CCCN(c1cccc(OC)c1)S(C)(=O)=O. The summed E-state index contributed by atoms with van der Waals surface area (Å²) in [5, 5.41) is 2.86. The fourth-order valence-electron chi connectivity index (χ4n) is 3.74. The number of methoxy groups -OCH3 is 1. The van der Waals surface area contributed by atoms with Gasteiger partial charge in [-0.05, 0) is 43.9 Å². The van der Waals surface area contributed by atoms with Crippen LogP contribution in [0.25, 0.3) is 0 Å². The van der Waals surface area contributed by atoms with Crippen LogP contribution in [0.3, 0.4) is 0 Å². The maximum absolute atomic E-state index is 13.2. The van der Waals surface area contributed by atoms with E-state index in [9.17, 15) is 18.0 Å². The van der Waals surface area contributed by atoms with Crippen molar-refractivity contribution >= 4 is 27.5 Å². The molecule has 2 amide bonds. The Hall–Kier alpha value is -3.07. The van der Waals surface area contributed by atoms with Crippen molar-refractivity contribution in [1.29, 1.82) is 0 Å². The molecule has 0 spiro atoms. The van der Waals surface area contributed by atoms with Crippen LogP contribution in [0.2, 0.25) is 0 Å². The monoisotopic (exact) mass is 503 g/mol. The Balaban J connectivity index is 2.10. The molecule has 0 saturated heterocycles. The van der Waals surface area contributed by atoms with E-state index >= 15 is 0 Å². The average Bonchev–Trinajstić information content (AvgIpc) is 2.85. The Morgan fingerprint density at radius 2 is 1.77 bits per heavy atom. The van der Waals surface area contributed by atoms with Gasteiger partial charge < -0.3 is 15.0 Å². The predicted molar refractivity (Wildman–Crippen MR) is 139 cm³/mol. The minimum Gasteiger partial charge on any atom is -0.497 e. The van der Waals surface area contributed by atoms with Gasteiger partial charge in [-0.25, -0.2) is 8.42 Å². The molecule has 0 bridgehead atoms. The minimum atomic E-state index is -3.56. The van der Waals surface area contributed by atoms with Crippen molar-refractivity contribution in [3.63, 3.8) is 0 Å². The molecule has 0 saturated carbocycles. The maximum Gasteiger partial charge on any atom is 0.242 e. The van der Waals surface area contributed by atoms with Crippen LogP contribution in [0, 0.1) is 0 Å². The van der Waals surface area contributed by atoms with E-state index in [1.54, 1.807) is 36.1 Å². The van der Waals surface area contributed by atoms with Crippen LogP contribution in [-0.2, 0) is 26.0 Å². The Bertz CT molecular complexity index is 1060. The predicted octanol–water partition coefficient (Wildman–Crippen LogP) is 3.23. The lowest BCUT2D eigenvalue weighted by Crippen LogP contribution is -2.49. The van der Waals surface area contributed by atoms with Crippen LogP contribution in [0.1, 0.15) is 38.7 Å². The topological polar surface area (TPSA) is 96.0 Å². The van der Waals surface area contributed by atoms with E-state index in [2.05, 4.69) is 5.32 Å². The second-order valence-electron chi connectivity index (χ2n) is 8.43. The van der Waals surface area contributed by atoms with Gasteiger partial charge in [0.05, 0.1) is 19.1 Å². The van der Waals surface area contributed by atoms with Crippen molar-refractivity contribution in [3.8, 4) is 5.75 Å². The molecule has 1 atom stereocenters. The number of hydrogen-bond acceptors (Lipinski definition) is 5. The van der Waals surface area contributed by atoms with E-state index in [0.717, 1.165) is 18.2 Å². The Kier molecular flexibility index (Phi) is 11.0. The van der Waals surface area contributed by atoms with Crippen molar-refractivity contribution in [3.05, 3.63) is 60.2 Å². The number of carbonyl (C=O) groups is 2. The third kappa shape index (κ3) is 8.90. The van der Waals surface area contributed by atoms with Gasteiger partial charge in [0.15, 0.2) is 0 Å². The lowest BCUT2D eigenvalue weighted by atomic mass is 10.1. The van der Waals surface area contributed by atoms with Gasteiger partial charge >= 0.3 is 0 Å². The lowest BCUT2D eigenvalue weighted by Gasteiger charge is -2.29. The molecule has 0 aromatic heterocycles. The molecule has 2 rings (SSSR count). The summed E-state index contributed by atoms with van der Waals surface area (Å²) in [6, 6.07) is 16.0. The second-order valence-corrected chi connectivity index (χ2v) is 10.3. The largest absolute Gasteiger partial charge is 0.497 e. The highest BCUT2D eigenvalue weighted by Crippen LogP contribution is 2.23. The highest BCUT2D eigenvalue weighted by Gasteiger charge is 2.26. The van der Waals surface area contributed by atoms with Gasteiger partial charge in [0, 0.05) is 32.1 Å². The van der Waals surface area contributed by atoms with Gasteiger partial charge in [-0.3, -0.25) is 13.9 Å². The normalized spacial score (nSPS) is 12.0. The van der Waals surface area contributed by atoms with E-state index in [0.29, 0.717) is 37.4 Å². The van der Waals surface area contributed by atoms with Crippen molar-refractivity contribution in [1.82, 2.24) is 10.2 Å². The molecule has 9 heteroatoms. The van der Waals surface area contributed by atoms with Crippen LogP contribution < -0.4 is 14.4 Å². The number of hydrogen-bond donors (Lipinski definition) is 1. The molecular formula is C26H37N3O5S. The molecule has 192 valence electrons. The quantitative estimate of drug-likeness (QED) is 0.427. The van der Waals surface area contributed by atoms with E-state index in [4.69, 9.17) is 4.74 Å². The molecule has 1 N–H and O–H groups in total. The van der Waals surface area contributed by atoms with Crippen molar-refractivity contribution in [2.45, 2.75) is 45.6 Å². The number of nitrogens with one attached hydrogen (secondary N) is 1. The Labute approximate surface area is 209 Å². The highest BCUT2D eigenvalue weighted by molar-refractivity contribution is 7.92. The van der Waals surface area contributed by atoms with E-state index in [1.165, 1.54) is 11.4 Å². The van der Waals surface area contributed by atoms with E-state index in [-0.39, 0.29) is 24.8 Å². The summed E-state index contributed by atoms with van der Waals surface area (Å²) in [6.07, 6.45) is 3.00. The number of carbonyl (C=O) groups excluding carboxylic acids is 2. The van der Waals surface area contributed by atoms with Gasteiger partial charge in [-0.1, -0.05) is 43.3 Å². The molecule has 2 aromatic rings. The summed E-state index contributed by atoms with van der Waals surface area (Å²) in [7, 11) is -2.04. The lowest BCUT2D eigenvalue weighted by molar-refractivity contribution is -0.139. The molecule has 0 aliphatic rings. The number of sulfonamides is 1. The zero-order chi connectivity index (χ0) is 25.8. The van der Waals surface area contributed by atoms with Crippen molar-refractivity contribution < 1.29 is 22.7 Å². The zero-order valence-electron chi connectivity index (χ0n) is 21.1. The molecule has 0 aliphatic heterocycles. The fourth-order valence-corrected chi connectivity index (χ4v) is 4.69. The molecular weight excluding hydrogens is 466 g/mol. The number of ether oxygens (including phenoxy) is 1. The number of anilines is 1. The first-order valence-corrected chi connectivity index (χ1v) is 13.7. The molecule has 0 heterocycles. The number of nitrogens with zero attached hydrogens (tertiary/aromatic N) is 2. The molecule has 8 nitrogen and oxygen atoms in total. The van der Waals surface area contributed by atoms with Crippen molar-refractivity contribution in [2.75, 3.05) is 37.3 Å². The summed E-state index contributed by atoms with van der Waals surface area (Å²) < 4.78 is 31.4. The Morgan fingerprint density at radius 3 is 2.40 bits per heavy atom.